The van der Waals surface area contributed by atoms with Crippen LogP contribution in [-0.2, 0) is 13.0 Å². The van der Waals surface area contributed by atoms with Crippen molar-refractivity contribution in [3.8, 4) is 5.69 Å². The van der Waals surface area contributed by atoms with Crippen LogP contribution in [0.3, 0.4) is 0 Å². The molecule has 1 aliphatic rings. The van der Waals surface area contributed by atoms with Gasteiger partial charge in [-0.3, -0.25) is 9.47 Å². The molecule has 0 radical (unpaired) electrons. The van der Waals surface area contributed by atoms with Crippen molar-refractivity contribution >= 4 is 10.9 Å². The highest BCUT2D eigenvalue weighted by molar-refractivity contribution is 5.85. The van der Waals surface area contributed by atoms with E-state index in [9.17, 15) is 0 Å². The number of hydrogen-bond acceptors (Lipinski definition) is 3. The third-order valence-corrected chi connectivity index (χ3v) is 5.65. The molecule has 1 saturated heterocycles. The number of nitrogens with zero attached hydrogens (tertiary/aromatic N) is 4. The van der Waals surface area contributed by atoms with E-state index in [2.05, 4.69) is 74.8 Å². The molecule has 5 rings (SSSR count). The second kappa shape index (κ2) is 7.00. The molecule has 2 aromatic heterocycles. The van der Waals surface area contributed by atoms with E-state index in [1.165, 1.54) is 41.4 Å². The predicted molar refractivity (Wildman–Crippen MR) is 107 cm³/mol. The Hall–Kier alpha value is -2.92. The molecule has 5 nitrogen and oxygen atoms in total. The lowest BCUT2D eigenvalue weighted by molar-refractivity contribution is 0.244. The molecule has 1 aliphatic heterocycles. The Morgan fingerprint density at radius 2 is 1.89 bits per heavy atom. The SMILES string of the molecule is c1ccc(CN2CCCC2Cc2c[nH]c3ccc(-n4cnnc4)cc23)cc1. The van der Waals surface area contributed by atoms with E-state index in [1.807, 2.05) is 4.57 Å². The molecule has 1 unspecified atom stereocenters. The van der Waals surface area contributed by atoms with E-state index in [0.717, 1.165) is 18.7 Å². The van der Waals surface area contributed by atoms with E-state index >= 15 is 0 Å². The highest BCUT2D eigenvalue weighted by Gasteiger charge is 2.25. The zero-order valence-electron chi connectivity index (χ0n) is 15.3. The zero-order valence-corrected chi connectivity index (χ0v) is 15.3. The molecule has 1 fully saturated rings. The van der Waals surface area contributed by atoms with Gasteiger partial charge >= 0.3 is 0 Å². The average molecular weight is 357 g/mol. The summed E-state index contributed by atoms with van der Waals surface area (Å²) in [6, 6.07) is 17.9. The predicted octanol–water partition coefficient (Wildman–Crippen LogP) is 3.96. The van der Waals surface area contributed by atoms with Crippen molar-refractivity contribution in [3.63, 3.8) is 0 Å². The second-order valence-electron chi connectivity index (χ2n) is 7.37. The van der Waals surface area contributed by atoms with Gasteiger partial charge in [-0.05, 0) is 55.1 Å². The van der Waals surface area contributed by atoms with Gasteiger partial charge < -0.3 is 4.98 Å². The normalized spacial score (nSPS) is 17.7. The Balaban J connectivity index is 1.39. The van der Waals surface area contributed by atoms with Crippen LogP contribution in [0.25, 0.3) is 16.6 Å². The van der Waals surface area contributed by atoms with E-state index in [0.29, 0.717) is 6.04 Å². The van der Waals surface area contributed by atoms with E-state index in [4.69, 9.17) is 0 Å². The molecule has 27 heavy (non-hydrogen) atoms. The minimum absolute atomic E-state index is 0.600. The summed E-state index contributed by atoms with van der Waals surface area (Å²) in [5.41, 5.74) is 5.08. The number of fused-ring (bicyclic) bond motifs is 1. The maximum atomic E-state index is 3.92. The van der Waals surface area contributed by atoms with Crippen LogP contribution in [0.2, 0.25) is 0 Å². The van der Waals surface area contributed by atoms with Crippen molar-refractivity contribution < 1.29 is 0 Å². The number of H-pyrrole nitrogens is 1. The van der Waals surface area contributed by atoms with Crippen LogP contribution < -0.4 is 0 Å². The van der Waals surface area contributed by atoms with Crippen LogP contribution in [-0.4, -0.2) is 37.2 Å². The molecule has 0 amide bonds. The molecule has 136 valence electrons. The van der Waals surface area contributed by atoms with Gasteiger partial charge in [-0.15, -0.1) is 10.2 Å². The average Bonchev–Trinajstić information content (AvgIpc) is 3.45. The summed E-state index contributed by atoms with van der Waals surface area (Å²) in [6.07, 6.45) is 9.30. The van der Waals surface area contributed by atoms with Gasteiger partial charge in [-0.25, -0.2) is 0 Å². The monoisotopic (exact) mass is 357 g/mol. The smallest absolute Gasteiger partial charge is 0.123 e. The summed E-state index contributed by atoms with van der Waals surface area (Å²) in [5, 5.41) is 9.14. The molecular formula is C22H23N5. The van der Waals surface area contributed by atoms with Crippen molar-refractivity contribution in [2.24, 2.45) is 0 Å². The summed E-state index contributed by atoms with van der Waals surface area (Å²) < 4.78 is 1.95. The van der Waals surface area contributed by atoms with Crippen LogP contribution in [0.5, 0.6) is 0 Å². The Morgan fingerprint density at radius 1 is 1.04 bits per heavy atom. The lowest BCUT2D eigenvalue weighted by atomic mass is 10.0. The Labute approximate surface area is 158 Å². The van der Waals surface area contributed by atoms with Crippen molar-refractivity contribution in [1.29, 1.82) is 0 Å². The van der Waals surface area contributed by atoms with Gasteiger partial charge in [0, 0.05) is 35.4 Å². The van der Waals surface area contributed by atoms with Gasteiger partial charge in [0.2, 0.25) is 0 Å². The first-order valence-electron chi connectivity index (χ1n) is 9.60. The number of nitrogens with one attached hydrogen (secondary N) is 1. The molecule has 0 spiro atoms. The molecule has 1 N–H and O–H groups in total. The largest absolute Gasteiger partial charge is 0.361 e. The van der Waals surface area contributed by atoms with Crippen molar-refractivity contribution in [2.75, 3.05) is 6.54 Å². The van der Waals surface area contributed by atoms with Gasteiger partial charge in [-0.2, -0.15) is 0 Å². The maximum Gasteiger partial charge on any atom is 0.123 e. The molecule has 0 aliphatic carbocycles. The Morgan fingerprint density at radius 3 is 2.74 bits per heavy atom. The van der Waals surface area contributed by atoms with Crippen LogP contribution in [0, 0.1) is 0 Å². The Kier molecular flexibility index (Phi) is 4.22. The minimum atomic E-state index is 0.600. The molecule has 0 bridgehead atoms. The summed E-state index contributed by atoms with van der Waals surface area (Å²) >= 11 is 0. The molecule has 4 aromatic rings. The highest BCUT2D eigenvalue weighted by Crippen LogP contribution is 2.28. The molecule has 1 atom stereocenters. The van der Waals surface area contributed by atoms with Crippen LogP contribution in [0.1, 0.15) is 24.0 Å². The van der Waals surface area contributed by atoms with Gasteiger partial charge in [0.05, 0.1) is 0 Å². The van der Waals surface area contributed by atoms with Crippen LogP contribution in [0.15, 0.2) is 67.4 Å². The number of aromatic nitrogens is 4. The molecule has 5 heteroatoms. The standard InChI is InChI=1S/C22H23N5/c1-2-5-17(6-3-1)14-26-10-4-7-19(26)11-18-13-23-22-9-8-20(12-21(18)22)27-15-24-25-16-27/h1-3,5-6,8-9,12-13,15-16,19,23H,4,7,10-11,14H2. The molecule has 3 heterocycles. The van der Waals surface area contributed by atoms with E-state index in [-0.39, 0.29) is 0 Å². The fourth-order valence-electron chi connectivity index (χ4n) is 4.24. The van der Waals surface area contributed by atoms with Gasteiger partial charge in [0.1, 0.15) is 12.7 Å². The third-order valence-electron chi connectivity index (χ3n) is 5.65. The lowest BCUT2D eigenvalue weighted by Crippen LogP contribution is -2.30. The summed E-state index contributed by atoms with van der Waals surface area (Å²) in [4.78, 5) is 6.08. The van der Waals surface area contributed by atoms with Gasteiger partial charge in [0.15, 0.2) is 0 Å². The van der Waals surface area contributed by atoms with Crippen molar-refractivity contribution in [2.45, 2.75) is 31.8 Å². The topological polar surface area (TPSA) is 49.7 Å². The lowest BCUT2D eigenvalue weighted by Gasteiger charge is -2.24. The zero-order chi connectivity index (χ0) is 18.1. The van der Waals surface area contributed by atoms with Gasteiger partial charge in [-0.1, -0.05) is 30.3 Å². The fraction of sp³-hybridized carbons (Fsp3) is 0.273. The van der Waals surface area contributed by atoms with E-state index in [1.54, 1.807) is 12.7 Å². The third kappa shape index (κ3) is 3.26. The summed E-state index contributed by atoms with van der Waals surface area (Å²) in [6.45, 7) is 2.23. The number of benzene rings is 2. The fourth-order valence-corrected chi connectivity index (χ4v) is 4.24. The second-order valence-corrected chi connectivity index (χ2v) is 7.37. The maximum absolute atomic E-state index is 3.92. The number of hydrogen-bond donors (Lipinski definition) is 1. The number of rotatable bonds is 5. The first kappa shape index (κ1) is 16.3. The quantitative estimate of drug-likeness (QED) is 0.588. The molecule has 0 saturated carbocycles. The van der Waals surface area contributed by atoms with E-state index < -0.39 is 0 Å². The molecule has 2 aromatic carbocycles. The van der Waals surface area contributed by atoms with Crippen molar-refractivity contribution in [3.05, 3.63) is 78.5 Å². The number of aromatic amines is 1. The Bertz CT molecular complexity index is 1020. The number of likely N-dealkylation sites (tertiary alicyclic amines) is 1. The van der Waals surface area contributed by atoms with Gasteiger partial charge in [0.25, 0.3) is 0 Å². The van der Waals surface area contributed by atoms with Crippen molar-refractivity contribution in [1.82, 2.24) is 24.6 Å². The van der Waals surface area contributed by atoms with Crippen LogP contribution >= 0.6 is 0 Å². The summed E-state index contributed by atoms with van der Waals surface area (Å²) in [7, 11) is 0. The first-order valence-corrected chi connectivity index (χ1v) is 9.60. The first-order chi connectivity index (χ1) is 13.4. The highest BCUT2D eigenvalue weighted by atomic mass is 15.2. The van der Waals surface area contributed by atoms with Crippen LogP contribution in [0.4, 0.5) is 0 Å². The summed E-state index contributed by atoms with van der Waals surface area (Å²) in [5.74, 6) is 0. The minimum Gasteiger partial charge on any atom is -0.361 e. The molecular weight excluding hydrogens is 334 g/mol.